The molecule has 0 amide bonds. The molecule has 23 heavy (non-hydrogen) atoms. The summed E-state index contributed by atoms with van der Waals surface area (Å²) < 4.78 is 2.72. The van der Waals surface area contributed by atoms with Gasteiger partial charge in [0.25, 0.3) is 5.56 Å². The molecule has 2 aromatic carbocycles. The fraction of sp³-hybridized carbons (Fsp3) is 0.176. The number of hydrogen-bond acceptors (Lipinski definition) is 2. The molecule has 0 aliphatic rings. The summed E-state index contributed by atoms with van der Waals surface area (Å²) in [4.78, 5) is 25.5. The summed E-state index contributed by atoms with van der Waals surface area (Å²) in [5.74, 6) is 0. The number of hydrogen-bond donors (Lipinski definition) is 0. The highest BCUT2D eigenvalue weighted by Gasteiger charge is 2.16. The molecule has 0 atom stereocenters. The standard InChI is InChI=1S/C17H14Cl2N2O2/c1-2-20-14-9-12(18)8-13(19)15(14)16(22)21(17(20)23)10-11-6-4-3-5-7-11/h3-9H,2,10H2,1H3. The van der Waals surface area contributed by atoms with Crippen LogP contribution in [0, 0.1) is 0 Å². The molecule has 0 N–H and O–H groups in total. The molecule has 4 nitrogen and oxygen atoms in total. The molecule has 0 saturated carbocycles. The van der Waals surface area contributed by atoms with Crippen molar-refractivity contribution in [2.45, 2.75) is 20.0 Å². The van der Waals surface area contributed by atoms with Gasteiger partial charge in [0.1, 0.15) is 0 Å². The molecule has 0 unspecified atom stereocenters. The quantitative estimate of drug-likeness (QED) is 0.726. The van der Waals surface area contributed by atoms with Crippen LogP contribution in [-0.4, -0.2) is 9.13 Å². The highest BCUT2D eigenvalue weighted by atomic mass is 35.5. The molecular weight excluding hydrogens is 335 g/mol. The van der Waals surface area contributed by atoms with Crippen LogP contribution in [0.2, 0.25) is 10.0 Å². The highest BCUT2D eigenvalue weighted by Crippen LogP contribution is 2.24. The normalized spacial score (nSPS) is 11.1. The second kappa shape index (κ2) is 6.22. The van der Waals surface area contributed by atoms with E-state index < -0.39 is 5.56 Å². The fourth-order valence-electron chi connectivity index (χ4n) is 2.67. The van der Waals surface area contributed by atoms with Crippen molar-refractivity contribution in [2.75, 3.05) is 0 Å². The molecule has 0 saturated heterocycles. The molecule has 0 spiro atoms. The van der Waals surface area contributed by atoms with E-state index in [9.17, 15) is 9.59 Å². The van der Waals surface area contributed by atoms with E-state index in [-0.39, 0.29) is 17.3 Å². The van der Waals surface area contributed by atoms with Crippen LogP contribution in [0.5, 0.6) is 0 Å². The fourth-order valence-corrected chi connectivity index (χ4v) is 3.23. The van der Waals surface area contributed by atoms with Crippen LogP contribution < -0.4 is 11.2 Å². The third-order valence-electron chi connectivity index (χ3n) is 3.75. The second-order valence-corrected chi connectivity index (χ2v) is 6.03. The Morgan fingerprint density at radius 1 is 1.00 bits per heavy atom. The van der Waals surface area contributed by atoms with E-state index in [1.807, 2.05) is 37.3 Å². The minimum absolute atomic E-state index is 0.202. The van der Waals surface area contributed by atoms with Gasteiger partial charge < -0.3 is 0 Å². The first-order valence-electron chi connectivity index (χ1n) is 7.19. The number of aromatic nitrogens is 2. The van der Waals surface area contributed by atoms with Crippen molar-refractivity contribution in [1.29, 1.82) is 0 Å². The lowest BCUT2D eigenvalue weighted by Gasteiger charge is -2.14. The summed E-state index contributed by atoms with van der Waals surface area (Å²) in [5, 5.41) is 0.958. The largest absolute Gasteiger partial charge is 0.331 e. The maximum Gasteiger partial charge on any atom is 0.331 e. The molecule has 0 aliphatic carbocycles. The molecule has 3 rings (SSSR count). The number of aryl methyl sites for hydroxylation is 1. The Bertz CT molecular complexity index is 991. The van der Waals surface area contributed by atoms with Gasteiger partial charge in [-0.15, -0.1) is 0 Å². The van der Waals surface area contributed by atoms with Gasteiger partial charge in [-0.2, -0.15) is 0 Å². The third-order valence-corrected chi connectivity index (χ3v) is 4.26. The summed E-state index contributed by atoms with van der Waals surface area (Å²) in [7, 11) is 0. The van der Waals surface area contributed by atoms with Crippen LogP contribution in [0.15, 0.2) is 52.1 Å². The number of nitrogens with zero attached hydrogens (tertiary/aromatic N) is 2. The molecule has 118 valence electrons. The smallest absolute Gasteiger partial charge is 0.293 e. The Labute approximate surface area is 142 Å². The summed E-state index contributed by atoms with van der Waals surface area (Å²) in [6, 6.07) is 12.5. The minimum Gasteiger partial charge on any atom is -0.293 e. The molecular formula is C17H14Cl2N2O2. The zero-order valence-corrected chi connectivity index (χ0v) is 13.9. The third kappa shape index (κ3) is 2.80. The van der Waals surface area contributed by atoms with Gasteiger partial charge in [-0.3, -0.25) is 13.9 Å². The molecule has 1 aromatic heterocycles. The maximum absolute atomic E-state index is 12.8. The SMILES string of the molecule is CCn1c(=O)n(Cc2ccccc2)c(=O)c2c(Cl)cc(Cl)cc21. The zero-order valence-electron chi connectivity index (χ0n) is 12.4. The Morgan fingerprint density at radius 2 is 1.70 bits per heavy atom. The van der Waals surface area contributed by atoms with Crippen LogP contribution in [0.3, 0.4) is 0 Å². The summed E-state index contributed by atoms with van der Waals surface area (Å²) in [6.07, 6.45) is 0. The summed E-state index contributed by atoms with van der Waals surface area (Å²) in [6.45, 7) is 2.46. The lowest BCUT2D eigenvalue weighted by molar-refractivity contribution is 0.623. The van der Waals surface area contributed by atoms with Gasteiger partial charge in [-0.05, 0) is 24.6 Å². The average molecular weight is 349 g/mol. The molecule has 0 radical (unpaired) electrons. The molecule has 0 aliphatic heterocycles. The van der Waals surface area contributed by atoms with E-state index >= 15 is 0 Å². The van der Waals surface area contributed by atoms with Crippen molar-refractivity contribution in [2.24, 2.45) is 0 Å². The van der Waals surface area contributed by atoms with Crippen LogP contribution >= 0.6 is 23.2 Å². The summed E-state index contributed by atoms with van der Waals surface area (Å²) >= 11 is 12.2. The molecule has 1 heterocycles. The van der Waals surface area contributed by atoms with E-state index in [1.54, 1.807) is 6.07 Å². The number of rotatable bonds is 3. The zero-order chi connectivity index (χ0) is 16.6. The van der Waals surface area contributed by atoms with Crippen molar-refractivity contribution in [3.8, 4) is 0 Å². The minimum atomic E-state index is -0.403. The van der Waals surface area contributed by atoms with E-state index in [1.165, 1.54) is 15.2 Å². The Morgan fingerprint density at radius 3 is 2.35 bits per heavy atom. The first-order valence-corrected chi connectivity index (χ1v) is 7.95. The van der Waals surface area contributed by atoms with Crippen molar-refractivity contribution in [3.63, 3.8) is 0 Å². The predicted molar refractivity (Wildman–Crippen MR) is 93.7 cm³/mol. The lowest BCUT2D eigenvalue weighted by Crippen LogP contribution is -2.40. The first-order chi connectivity index (χ1) is 11.0. The van der Waals surface area contributed by atoms with Crippen LogP contribution in [0.25, 0.3) is 10.9 Å². The number of benzene rings is 2. The van der Waals surface area contributed by atoms with Crippen molar-refractivity contribution in [3.05, 3.63) is 78.9 Å². The Kier molecular flexibility index (Phi) is 4.28. The van der Waals surface area contributed by atoms with Crippen LogP contribution in [-0.2, 0) is 13.1 Å². The monoisotopic (exact) mass is 348 g/mol. The van der Waals surface area contributed by atoms with Gasteiger partial charge in [-0.1, -0.05) is 53.5 Å². The second-order valence-electron chi connectivity index (χ2n) is 5.19. The Hall–Kier alpha value is -2.04. The van der Waals surface area contributed by atoms with Gasteiger partial charge in [0.05, 0.1) is 22.5 Å². The number of fused-ring (bicyclic) bond motifs is 1. The van der Waals surface area contributed by atoms with E-state index in [2.05, 4.69) is 0 Å². The molecule has 0 fully saturated rings. The van der Waals surface area contributed by atoms with Crippen LogP contribution in [0.4, 0.5) is 0 Å². The average Bonchev–Trinajstić information content (AvgIpc) is 2.52. The number of halogens is 2. The molecule has 6 heteroatoms. The van der Waals surface area contributed by atoms with Gasteiger partial charge in [0, 0.05) is 11.6 Å². The van der Waals surface area contributed by atoms with E-state index in [4.69, 9.17) is 23.2 Å². The van der Waals surface area contributed by atoms with E-state index in [0.717, 1.165) is 5.56 Å². The van der Waals surface area contributed by atoms with Gasteiger partial charge in [0.2, 0.25) is 0 Å². The van der Waals surface area contributed by atoms with Crippen LogP contribution in [0.1, 0.15) is 12.5 Å². The summed E-state index contributed by atoms with van der Waals surface area (Å²) in [5.41, 5.74) is 0.565. The van der Waals surface area contributed by atoms with Crippen molar-refractivity contribution < 1.29 is 0 Å². The van der Waals surface area contributed by atoms with Gasteiger partial charge in [-0.25, -0.2) is 4.79 Å². The van der Waals surface area contributed by atoms with Gasteiger partial charge >= 0.3 is 5.69 Å². The van der Waals surface area contributed by atoms with Crippen molar-refractivity contribution >= 4 is 34.1 Å². The molecule has 3 aromatic rings. The van der Waals surface area contributed by atoms with E-state index in [0.29, 0.717) is 22.5 Å². The topological polar surface area (TPSA) is 44.0 Å². The molecule has 0 bridgehead atoms. The lowest BCUT2D eigenvalue weighted by atomic mass is 10.2. The predicted octanol–water partition coefficient (Wildman–Crippen LogP) is 3.54. The first kappa shape index (κ1) is 15.8. The van der Waals surface area contributed by atoms with Crippen molar-refractivity contribution in [1.82, 2.24) is 9.13 Å². The highest BCUT2D eigenvalue weighted by molar-refractivity contribution is 6.38. The Balaban J connectivity index is 2.36. The van der Waals surface area contributed by atoms with Gasteiger partial charge in [0.15, 0.2) is 0 Å². The maximum atomic E-state index is 12.8.